The van der Waals surface area contributed by atoms with Gasteiger partial charge in [-0.05, 0) is 50.6 Å². The summed E-state index contributed by atoms with van der Waals surface area (Å²) in [7, 11) is 0. The molecule has 1 unspecified atom stereocenters. The molecular formula is C13H17FN2O2. The predicted molar refractivity (Wildman–Crippen MR) is 66.9 cm³/mol. The van der Waals surface area contributed by atoms with Gasteiger partial charge in [0.1, 0.15) is 11.4 Å². The summed E-state index contributed by atoms with van der Waals surface area (Å²) in [6, 6.07) is 5.81. The Kier molecular flexibility index (Phi) is 3.52. The van der Waals surface area contributed by atoms with Gasteiger partial charge in [0.25, 0.3) is 0 Å². The number of nitrogens with zero attached hydrogens (tertiary/aromatic N) is 1. The lowest BCUT2D eigenvalue weighted by molar-refractivity contribution is 0.0640. The number of cyclic esters (lactones) is 1. The zero-order chi connectivity index (χ0) is 13.2. The Balaban J connectivity index is 2.11. The summed E-state index contributed by atoms with van der Waals surface area (Å²) in [5.41, 5.74) is 5.61. The Hall–Kier alpha value is -1.62. The van der Waals surface area contributed by atoms with Gasteiger partial charge in [-0.2, -0.15) is 0 Å². The molecule has 4 nitrogen and oxygen atoms in total. The molecule has 0 aliphatic carbocycles. The summed E-state index contributed by atoms with van der Waals surface area (Å²) in [5.74, 6) is -0.322. The molecule has 0 saturated carbocycles. The van der Waals surface area contributed by atoms with Crippen LogP contribution in [0, 0.1) is 5.82 Å². The minimum absolute atomic E-state index is 0.322. The smallest absolute Gasteiger partial charge is 0.415 e. The Labute approximate surface area is 106 Å². The van der Waals surface area contributed by atoms with Gasteiger partial charge in [-0.3, -0.25) is 4.90 Å². The Bertz CT molecular complexity index is 435. The van der Waals surface area contributed by atoms with Gasteiger partial charge in [-0.1, -0.05) is 0 Å². The van der Waals surface area contributed by atoms with Gasteiger partial charge >= 0.3 is 6.09 Å². The Morgan fingerprint density at radius 1 is 1.44 bits per heavy atom. The SMILES string of the molecule is CC1(CCCN)CN(c2ccc(F)cc2)C(=O)O1. The van der Waals surface area contributed by atoms with E-state index in [9.17, 15) is 9.18 Å². The topological polar surface area (TPSA) is 55.6 Å². The van der Waals surface area contributed by atoms with Crippen LogP contribution in [0.2, 0.25) is 0 Å². The fourth-order valence-corrected chi connectivity index (χ4v) is 2.12. The maximum absolute atomic E-state index is 12.8. The fraction of sp³-hybridized carbons (Fsp3) is 0.462. The molecule has 18 heavy (non-hydrogen) atoms. The molecule has 0 aromatic heterocycles. The van der Waals surface area contributed by atoms with Crippen molar-refractivity contribution in [3.63, 3.8) is 0 Å². The summed E-state index contributed by atoms with van der Waals surface area (Å²) in [6.07, 6.45) is 1.15. The van der Waals surface area contributed by atoms with E-state index in [0.717, 1.165) is 12.8 Å². The molecule has 1 heterocycles. The van der Waals surface area contributed by atoms with Gasteiger partial charge in [0.05, 0.1) is 6.54 Å². The lowest BCUT2D eigenvalue weighted by atomic mass is 10.00. The van der Waals surface area contributed by atoms with Crippen LogP contribution < -0.4 is 10.6 Å². The molecule has 1 saturated heterocycles. The quantitative estimate of drug-likeness (QED) is 0.894. The molecule has 1 atom stereocenters. The van der Waals surface area contributed by atoms with Crippen LogP contribution in [0.5, 0.6) is 0 Å². The highest BCUT2D eigenvalue weighted by atomic mass is 19.1. The Morgan fingerprint density at radius 2 is 2.11 bits per heavy atom. The molecule has 5 heteroatoms. The zero-order valence-electron chi connectivity index (χ0n) is 10.4. The molecule has 1 aromatic rings. The zero-order valence-corrected chi connectivity index (χ0v) is 10.4. The average Bonchev–Trinajstić information content (AvgIpc) is 2.64. The first-order valence-electron chi connectivity index (χ1n) is 6.00. The van der Waals surface area contributed by atoms with Crippen molar-refractivity contribution in [1.29, 1.82) is 0 Å². The van der Waals surface area contributed by atoms with Gasteiger partial charge in [-0.25, -0.2) is 9.18 Å². The molecule has 2 rings (SSSR count). The summed E-state index contributed by atoms with van der Waals surface area (Å²) in [4.78, 5) is 13.3. The number of carbonyl (C=O) groups excluding carboxylic acids is 1. The van der Waals surface area contributed by atoms with E-state index in [2.05, 4.69) is 0 Å². The molecule has 0 bridgehead atoms. The third-order valence-electron chi connectivity index (χ3n) is 3.09. The number of ether oxygens (including phenoxy) is 1. The molecule has 2 N–H and O–H groups in total. The Morgan fingerprint density at radius 3 is 2.72 bits per heavy atom. The van der Waals surface area contributed by atoms with Crippen LogP contribution in [-0.4, -0.2) is 24.8 Å². The highest BCUT2D eigenvalue weighted by Gasteiger charge is 2.41. The second-order valence-electron chi connectivity index (χ2n) is 4.77. The third-order valence-corrected chi connectivity index (χ3v) is 3.09. The summed E-state index contributed by atoms with van der Waals surface area (Å²) in [6.45, 7) is 2.94. The molecule has 1 aliphatic rings. The van der Waals surface area contributed by atoms with Crippen LogP contribution in [0.3, 0.4) is 0 Å². The van der Waals surface area contributed by atoms with Crippen molar-refractivity contribution in [1.82, 2.24) is 0 Å². The molecule has 0 spiro atoms. The lowest BCUT2D eigenvalue weighted by Crippen LogP contribution is -2.31. The molecule has 1 aliphatic heterocycles. The normalized spacial score (nSPS) is 23.3. The standard InChI is InChI=1S/C13H17FN2O2/c1-13(7-2-8-15)9-16(12(17)18-13)11-5-3-10(14)4-6-11/h3-6H,2,7-9,15H2,1H3. The number of benzene rings is 1. The lowest BCUT2D eigenvalue weighted by Gasteiger charge is -2.21. The van der Waals surface area contributed by atoms with Gasteiger partial charge in [0.2, 0.25) is 0 Å². The maximum atomic E-state index is 12.8. The molecule has 1 amide bonds. The number of amides is 1. The van der Waals surface area contributed by atoms with E-state index >= 15 is 0 Å². The maximum Gasteiger partial charge on any atom is 0.415 e. The van der Waals surface area contributed by atoms with Crippen LogP contribution in [0.1, 0.15) is 19.8 Å². The monoisotopic (exact) mass is 252 g/mol. The van der Waals surface area contributed by atoms with Crippen molar-refractivity contribution in [3.05, 3.63) is 30.1 Å². The summed E-state index contributed by atoms with van der Waals surface area (Å²) in [5, 5.41) is 0. The van der Waals surface area contributed by atoms with Crippen molar-refractivity contribution in [3.8, 4) is 0 Å². The number of carbonyl (C=O) groups is 1. The third kappa shape index (κ3) is 2.61. The van der Waals surface area contributed by atoms with Crippen molar-refractivity contribution < 1.29 is 13.9 Å². The van der Waals surface area contributed by atoms with Gasteiger partial charge in [0.15, 0.2) is 0 Å². The number of hydrogen-bond donors (Lipinski definition) is 1. The van der Waals surface area contributed by atoms with Crippen molar-refractivity contribution in [2.24, 2.45) is 5.73 Å². The van der Waals surface area contributed by atoms with E-state index in [0.29, 0.717) is 18.8 Å². The average molecular weight is 252 g/mol. The molecular weight excluding hydrogens is 235 g/mol. The highest BCUT2D eigenvalue weighted by Crippen LogP contribution is 2.30. The van der Waals surface area contributed by atoms with Crippen LogP contribution in [0.4, 0.5) is 14.9 Å². The largest absolute Gasteiger partial charge is 0.441 e. The van der Waals surface area contributed by atoms with E-state index in [4.69, 9.17) is 10.5 Å². The first-order valence-corrected chi connectivity index (χ1v) is 6.00. The van der Waals surface area contributed by atoms with Crippen LogP contribution in [0.15, 0.2) is 24.3 Å². The van der Waals surface area contributed by atoms with Crippen molar-refractivity contribution in [2.75, 3.05) is 18.0 Å². The first-order chi connectivity index (χ1) is 8.54. The van der Waals surface area contributed by atoms with Crippen LogP contribution >= 0.6 is 0 Å². The predicted octanol–water partition coefficient (Wildman–Crippen LogP) is 2.28. The van der Waals surface area contributed by atoms with Crippen molar-refractivity contribution >= 4 is 11.8 Å². The number of halogens is 1. The van der Waals surface area contributed by atoms with Crippen LogP contribution in [-0.2, 0) is 4.74 Å². The van der Waals surface area contributed by atoms with E-state index in [1.54, 1.807) is 12.1 Å². The fourth-order valence-electron chi connectivity index (χ4n) is 2.12. The second kappa shape index (κ2) is 4.94. The minimum Gasteiger partial charge on any atom is -0.441 e. The summed E-state index contributed by atoms with van der Waals surface area (Å²) < 4.78 is 18.2. The molecule has 98 valence electrons. The van der Waals surface area contributed by atoms with Gasteiger partial charge in [0, 0.05) is 5.69 Å². The summed E-state index contributed by atoms with van der Waals surface area (Å²) >= 11 is 0. The van der Waals surface area contributed by atoms with E-state index in [-0.39, 0.29) is 11.9 Å². The number of anilines is 1. The number of nitrogens with two attached hydrogens (primary N) is 1. The molecule has 1 fully saturated rings. The van der Waals surface area contributed by atoms with Crippen molar-refractivity contribution in [2.45, 2.75) is 25.4 Å². The van der Waals surface area contributed by atoms with Crippen LogP contribution in [0.25, 0.3) is 0 Å². The van der Waals surface area contributed by atoms with Gasteiger partial charge in [-0.15, -0.1) is 0 Å². The molecule has 0 radical (unpaired) electrons. The minimum atomic E-state index is -0.509. The van der Waals surface area contributed by atoms with E-state index in [1.807, 2.05) is 6.92 Å². The molecule has 1 aromatic carbocycles. The number of hydrogen-bond acceptors (Lipinski definition) is 3. The van der Waals surface area contributed by atoms with E-state index in [1.165, 1.54) is 17.0 Å². The highest BCUT2D eigenvalue weighted by molar-refractivity contribution is 5.90. The first kappa shape index (κ1) is 12.8. The van der Waals surface area contributed by atoms with E-state index < -0.39 is 5.60 Å². The second-order valence-corrected chi connectivity index (χ2v) is 4.77. The number of rotatable bonds is 4. The van der Waals surface area contributed by atoms with Gasteiger partial charge < -0.3 is 10.5 Å².